The average molecular weight is 427 g/mol. The Bertz CT molecular complexity index is 1320. The molecule has 0 atom stereocenters. The molecule has 4 rings (SSSR count). The van der Waals surface area contributed by atoms with Crippen molar-refractivity contribution in [2.75, 3.05) is 12.4 Å². The number of aromatic nitrogens is 3. The molecular weight excluding hydrogens is 409 g/mol. The summed E-state index contributed by atoms with van der Waals surface area (Å²) in [5.74, 6) is 0.815. The van der Waals surface area contributed by atoms with Crippen molar-refractivity contribution in [3.63, 3.8) is 0 Å². The zero-order chi connectivity index (χ0) is 21.3. The first kappa shape index (κ1) is 19.8. The van der Waals surface area contributed by atoms with Gasteiger partial charge in [-0.05, 0) is 35.9 Å². The molecular formula is C20H18FN5O3S. The van der Waals surface area contributed by atoms with Crippen molar-refractivity contribution in [3.05, 3.63) is 72.3 Å². The number of hydrogen-bond acceptors (Lipinski definition) is 6. The van der Waals surface area contributed by atoms with Crippen LogP contribution in [0.2, 0.25) is 0 Å². The predicted octanol–water partition coefficient (Wildman–Crippen LogP) is 2.80. The number of ether oxygens (including phenoxy) is 1. The van der Waals surface area contributed by atoms with Gasteiger partial charge in [-0.1, -0.05) is 18.2 Å². The van der Waals surface area contributed by atoms with E-state index in [-0.39, 0.29) is 10.7 Å². The molecule has 0 fully saturated rings. The summed E-state index contributed by atoms with van der Waals surface area (Å²) in [4.78, 5) is 0.0373. The van der Waals surface area contributed by atoms with Gasteiger partial charge in [0.2, 0.25) is 10.0 Å². The molecule has 0 aliphatic rings. The molecule has 0 aliphatic carbocycles. The first-order chi connectivity index (χ1) is 14.4. The Morgan fingerprint density at radius 1 is 1.13 bits per heavy atom. The smallest absolute Gasteiger partial charge is 0.238 e. The number of sulfonamides is 1. The van der Waals surface area contributed by atoms with Crippen LogP contribution in [-0.4, -0.2) is 30.1 Å². The molecule has 3 N–H and O–H groups in total. The molecule has 10 heteroatoms. The standard InChI is InChI=1S/C20H18FN5O3S/c1-29-18-10-15(21)5-2-14(18)11-23-19-9-8-17(20-25-24-12-26(19)20)13-3-6-16(7-4-13)30(22,27)28/h2-10,12,23H,11H2,1H3,(H2,22,27,28). The van der Waals surface area contributed by atoms with Gasteiger partial charge in [0.05, 0.1) is 12.0 Å². The minimum Gasteiger partial charge on any atom is -0.496 e. The highest BCUT2D eigenvalue weighted by Gasteiger charge is 2.13. The number of fused-ring (bicyclic) bond motifs is 1. The van der Waals surface area contributed by atoms with E-state index in [1.165, 1.54) is 31.4 Å². The van der Waals surface area contributed by atoms with Crippen LogP contribution in [0.4, 0.5) is 10.2 Å². The Kier molecular flexibility index (Phi) is 5.10. The minimum atomic E-state index is -3.76. The summed E-state index contributed by atoms with van der Waals surface area (Å²) in [6.45, 7) is 0.402. The average Bonchev–Trinajstić information content (AvgIpc) is 3.22. The topological polar surface area (TPSA) is 112 Å². The highest BCUT2D eigenvalue weighted by atomic mass is 32.2. The first-order valence-corrected chi connectivity index (χ1v) is 10.4. The Morgan fingerprint density at radius 3 is 2.60 bits per heavy atom. The van der Waals surface area contributed by atoms with E-state index < -0.39 is 10.0 Å². The molecule has 0 aliphatic heterocycles. The summed E-state index contributed by atoms with van der Waals surface area (Å²) in [7, 11) is -2.27. The maximum Gasteiger partial charge on any atom is 0.238 e. The Hall–Kier alpha value is -3.50. The van der Waals surface area contributed by atoms with Gasteiger partial charge in [-0.2, -0.15) is 0 Å². The van der Waals surface area contributed by atoms with E-state index >= 15 is 0 Å². The lowest BCUT2D eigenvalue weighted by molar-refractivity contribution is 0.406. The van der Waals surface area contributed by atoms with Crippen molar-refractivity contribution >= 4 is 21.5 Å². The van der Waals surface area contributed by atoms with Crippen LogP contribution in [0.3, 0.4) is 0 Å². The summed E-state index contributed by atoms with van der Waals surface area (Å²) in [5, 5.41) is 16.6. The van der Waals surface area contributed by atoms with Crippen LogP contribution < -0.4 is 15.2 Å². The summed E-state index contributed by atoms with van der Waals surface area (Å²) in [5.41, 5.74) is 2.93. The van der Waals surface area contributed by atoms with Crippen LogP contribution >= 0.6 is 0 Å². The van der Waals surface area contributed by atoms with Gasteiger partial charge in [0, 0.05) is 23.7 Å². The number of benzene rings is 2. The van der Waals surface area contributed by atoms with E-state index in [1.54, 1.807) is 28.9 Å². The molecule has 30 heavy (non-hydrogen) atoms. The third-order valence-corrected chi connectivity index (χ3v) is 5.59. The molecule has 4 aromatic rings. The lowest BCUT2D eigenvalue weighted by Gasteiger charge is -2.13. The number of rotatable bonds is 6. The summed E-state index contributed by atoms with van der Waals surface area (Å²) < 4.78 is 43.3. The second-order valence-electron chi connectivity index (χ2n) is 6.54. The van der Waals surface area contributed by atoms with Crippen molar-refractivity contribution in [1.29, 1.82) is 0 Å². The van der Waals surface area contributed by atoms with Crippen molar-refractivity contribution in [3.8, 4) is 16.9 Å². The van der Waals surface area contributed by atoms with E-state index in [9.17, 15) is 12.8 Å². The zero-order valence-corrected chi connectivity index (χ0v) is 16.7. The second-order valence-corrected chi connectivity index (χ2v) is 8.10. The monoisotopic (exact) mass is 427 g/mol. The van der Waals surface area contributed by atoms with E-state index in [0.717, 1.165) is 22.5 Å². The number of methoxy groups -OCH3 is 1. The Morgan fingerprint density at radius 2 is 1.90 bits per heavy atom. The lowest BCUT2D eigenvalue weighted by Crippen LogP contribution is -2.11. The summed E-state index contributed by atoms with van der Waals surface area (Å²) >= 11 is 0. The molecule has 0 bridgehead atoms. The fraction of sp³-hybridized carbons (Fsp3) is 0.100. The number of pyridine rings is 1. The third kappa shape index (κ3) is 3.82. The number of halogens is 1. The number of nitrogens with zero attached hydrogens (tertiary/aromatic N) is 3. The van der Waals surface area contributed by atoms with Gasteiger partial charge in [0.25, 0.3) is 0 Å². The number of anilines is 1. The highest BCUT2D eigenvalue weighted by Crippen LogP contribution is 2.28. The molecule has 0 spiro atoms. The molecule has 154 valence electrons. The Labute approximate surface area is 172 Å². The maximum absolute atomic E-state index is 13.4. The molecule has 0 saturated heterocycles. The molecule has 0 radical (unpaired) electrons. The number of primary sulfonamides is 1. The van der Waals surface area contributed by atoms with Crippen molar-refractivity contribution in [2.24, 2.45) is 5.14 Å². The molecule has 2 aromatic carbocycles. The molecule has 2 heterocycles. The van der Waals surface area contributed by atoms with Crippen LogP contribution in [0.25, 0.3) is 16.8 Å². The van der Waals surface area contributed by atoms with Gasteiger partial charge in [0.1, 0.15) is 23.7 Å². The number of nitrogens with one attached hydrogen (secondary N) is 1. The van der Waals surface area contributed by atoms with Gasteiger partial charge in [-0.25, -0.2) is 17.9 Å². The van der Waals surface area contributed by atoms with Crippen molar-refractivity contribution < 1.29 is 17.5 Å². The van der Waals surface area contributed by atoms with E-state index in [0.29, 0.717) is 17.9 Å². The van der Waals surface area contributed by atoms with Crippen LogP contribution in [0, 0.1) is 5.82 Å². The molecule has 0 amide bonds. The maximum atomic E-state index is 13.4. The number of nitrogens with two attached hydrogens (primary N) is 1. The fourth-order valence-corrected chi connectivity index (χ4v) is 3.67. The third-order valence-electron chi connectivity index (χ3n) is 4.66. The van der Waals surface area contributed by atoms with Gasteiger partial charge in [0.15, 0.2) is 5.65 Å². The van der Waals surface area contributed by atoms with E-state index in [1.807, 2.05) is 12.1 Å². The molecule has 0 unspecified atom stereocenters. The largest absolute Gasteiger partial charge is 0.496 e. The molecule has 8 nitrogen and oxygen atoms in total. The first-order valence-electron chi connectivity index (χ1n) is 8.89. The van der Waals surface area contributed by atoms with Crippen LogP contribution in [0.1, 0.15) is 5.56 Å². The Balaban J connectivity index is 1.65. The van der Waals surface area contributed by atoms with Crippen molar-refractivity contribution in [2.45, 2.75) is 11.4 Å². The summed E-state index contributed by atoms with van der Waals surface area (Å²) in [6.07, 6.45) is 1.57. The van der Waals surface area contributed by atoms with E-state index in [4.69, 9.17) is 9.88 Å². The van der Waals surface area contributed by atoms with Crippen LogP contribution in [0.5, 0.6) is 5.75 Å². The van der Waals surface area contributed by atoms with Gasteiger partial charge in [-0.15, -0.1) is 10.2 Å². The van der Waals surface area contributed by atoms with E-state index in [2.05, 4.69) is 15.5 Å². The van der Waals surface area contributed by atoms with Gasteiger partial charge in [-0.3, -0.25) is 4.40 Å². The lowest BCUT2D eigenvalue weighted by atomic mass is 10.1. The minimum absolute atomic E-state index is 0.0373. The predicted molar refractivity (Wildman–Crippen MR) is 110 cm³/mol. The van der Waals surface area contributed by atoms with Crippen molar-refractivity contribution in [1.82, 2.24) is 14.6 Å². The fourth-order valence-electron chi connectivity index (χ4n) is 3.16. The van der Waals surface area contributed by atoms with Gasteiger partial charge < -0.3 is 10.1 Å². The summed E-state index contributed by atoms with van der Waals surface area (Å²) in [6, 6.07) is 14.3. The highest BCUT2D eigenvalue weighted by molar-refractivity contribution is 7.89. The number of hydrogen-bond donors (Lipinski definition) is 2. The molecule has 2 aromatic heterocycles. The quantitative estimate of drug-likeness (QED) is 0.489. The normalized spacial score (nSPS) is 11.6. The van der Waals surface area contributed by atoms with Crippen LogP contribution in [-0.2, 0) is 16.6 Å². The SMILES string of the molecule is COc1cc(F)ccc1CNc1ccc(-c2ccc(S(N)(=O)=O)cc2)c2nncn12. The zero-order valence-electron chi connectivity index (χ0n) is 15.9. The van der Waals surface area contributed by atoms with Crippen LogP contribution in [0.15, 0.2) is 65.8 Å². The molecule has 0 saturated carbocycles. The van der Waals surface area contributed by atoms with Gasteiger partial charge >= 0.3 is 0 Å². The second kappa shape index (κ2) is 7.73.